The average Bonchev–Trinajstić information content (AvgIpc) is 3.28. The summed E-state index contributed by atoms with van der Waals surface area (Å²) in [5, 5.41) is 15.3. The lowest BCUT2D eigenvalue weighted by Crippen LogP contribution is -2.75. The molecule has 0 saturated heterocycles. The highest BCUT2D eigenvalue weighted by Gasteiger charge is 2.68. The van der Waals surface area contributed by atoms with E-state index in [2.05, 4.69) is 5.32 Å². The van der Waals surface area contributed by atoms with E-state index in [1.807, 2.05) is 0 Å². The van der Waals surface area contributed by atoms with Crippen LogP contribution in [0.3, 0.4) is 0 Å². The first kappa shape index (κ1) is 24.2. The molecule has 0 spiro atoms. The van der Waals surface area contributed by atoms with Crippen molar-refractivity contribution in [3.05, 3.63) is 61.7 Å². The summed E-state index contributed by atoms with van der Waals surface area (Å²) in [6.45, 7) is 3.41. The molecular formula is C30H29FN4O5. The Kier molecular flexibility index (Phi) is 4.57. The number of aryl methyl sites for hydroxylation is 1. The first-order chi connectivity index (χ1) is 19.1. The monoisotopic (exact) mass is 544 g/mol. The predicted octanol–water partition coefficient (Wildman–Crippen LogP) is 2.37. The van der Waals surface area contributed by atoms with Crippen LogP contribution in [-0.4, -0.2) is 32.6 Å². The maximum absolute atomic E-state index is 15.1. The quantitative estimate of drug-likeness (QED) is 0.337. The largest absolute Gasteiger partial charge is 0.458 e. The average molecular weight is 545 g/mol. The van der Waals surface area contributed by atoms with Crippen LogP contribution in [0.2, 0.25) is 0 Å². The first-order valence-electron chi connectivity index (χ1n) is 14.0. The molecule has 9 rings (SSSR count). The molecule has 206 valence electrons. The summed E-state index contributed by atoms with van der Waals surface area (Å²) in [6.07, 6.45) is 2.83. The molecule has 3 atom stereocenters. The third-order valence-corrected chi connectivity index (χ3v) is 10.5. The predicted molar refractivity (Wildman–Crippen MR) is 142 cm³/mol. The van der Waals surface area contributed by atoms with Crippen molar-refractivity contribution in [3.63, 3.8) is 0 Å². The molecular weight excluding hydrogens is 515 g/mol. The molecule has 2 bridgehead atoms. The number of benzene rings is 1. The molecule has 4 aliphatic carbocycles. The minimum Gasteiger partial charge on any atom is -0.458 e. The number of halogens is 1. The Morgan fingerprint density at radius 2 is 2.05 bits per heavy atom. The van der Waals surface area contributed by atoms with Gasteiger partial charge in [0.2, 0.25) is 5.91 Å². The number of pyridine rings is 2. The second kappa shape index (κ2) is 7.55. The maximum atomic E-state index is 15.1. The van der Waals surface area contributed by atoms with Crippen molar-refractivity contribution in [2.24, 2.45) is 17.1 Å². The van der Waals surface area contributed by atoms with Crippen molar-refractivity contribution in [1.29, 1.82) is 0 Å². The lowest BCUT2D eigenvalue weighted by Gasteiger charge is -2.65. The fourth-order valence-electron chi connectivity index (χ4n) is 7.87. The molecule has 3 fully saturated rings. The van der Waals surface area contributed by atoms with Crippen LogP contribution in [-0.2, 0) is 39.5 Å². The van der Waals surface area contributed by atoms with Gasteiger partial charge in [-0.05, 0) is 67.7 Å². The molecule has 2 aliphatic heterocycles. The third-order valence-electron chi connectivity index (χ3n) is 10.5. The van der Waals surface area contributed by atoms with E-state index in [9.17, 15) is 19.5 Å². The zero-order chi connectivity index (χ0) is 27.9. The molecule has 9 nitrogen and oxygen atoms in total. The van der Waals surface area contributed by atoms with Gasteiger partial charge in [0, 0.05) is 28.6 Å². The van der Waals surface area contributed by atoms with Crippen molar-refractivity contribution >= 4 is 22.8 Å². The molecule has 6 aliphatic rings. The van der Waals surface area contributed by atoms with Crippen LogP contribution < -0.4 is 16.6 Å². The van der Waals surface area contributed by atoms with Gasteiger partial charge in [-0.2, -0.15) is 0 Å². The standard InChI is InChI=1S/C30H29FN4O5/c1-3-30(39)17-6-21-24-15(10-35(21)26(36)16(17)11-40-28(30)38)23-19(34-27(37)29-8-13(9-29)25(29)32)5-4-14-12(2)18(31)7-20(33-24)22(14)23/h6-7,13,19,25,39H,3-5,8-11,32H2,1-2H3,(H,34,37)/t13?,19-,25?,29?,30-/m0/s1. The molecule has 2 aromatic heterocycles. The molecule has 10 heteroatoms. The number of fused-ring (bicyclic) bond motifs is 5. The van der Waals surface area contributed by atoms with Gasteiger partial charge in [0.25, 0.3) is 5.56 Å². The highest BCUT2D eigenvalue weighted by Crippen LogP contribution is 2.63. The maximum Gasteiger partial charge on any atom is 0.343 e. The number of nitrogens with zero attached hydrogens (tertiary/aromatic N) is 2. The smallest absolute Gasteiger partial charge is 0.343 e. The number of rotatable bonds is 3. The van der Waals surface area contributed by atoms with E-state index >= 15 is 4.39 Å². The minimum atomic E-state index is -1.94. The van der Waals surface area contributed by atoms with E-state index in [-0.39, 0.29) is 60.1 Å². The fourth-order valence-corrected chi connectivity index (χ4v) is 7.87. The number of nitrogens with two attached hydrogens (primary N) is 1. The number of aliphatic hydroxyl groups is 1. The number of cyclic esters (lactones) is 1. The number of hydrogen-bond donors (Lipinski definition) is 3. The van der Waals surface area contributed by atoms with Gasteiger partial charge >= 0.3 is 5.97 Å². The van der Waals surface area contributed by atoms with Gasteiger partial charge in [-0.25, -0.2) is 14.2 Å². The first-order valence-corrected chi connectivity index (χ1v) is 14.0. The van der Waals surface area contributed by atoms with Crippen LogP contribution in [0.15, 0.2) is 16.9 Å². The minimum absolute atomic E-state index is 0.0394. The Labute approximate surface area is 228 Å². The van der Waals surface area contributed by atoms with E-state index in [1.165, 1.54) is 6.07 Å². The van der Waals surface area contributed by atoms with Gasteiger partial charge in [-0.15, -0.1) is 0 Å². The number of nitrogens with one attached hydrogen (secondary N) is 1. The molecule has 1 unspecified atom stereocenters. The molecule has 3 saturated carbocycles. The molecule has 1 amide bonds. The van der Waals surface area contributed by atoms with Gasteiger partial charge < -0.3 is 25.5 Å². The van der Waals surface area contributed by atoms with E-state index in [1.54, 1.807) is 24.5 Å². The second-order valence-corrected chi connectivity index (χ2v) is 12.2. The Balaban J connectivity index is 1.34. The summed E-state index contributed by atoms with van der Waals surface area (Å²) >= 11 is 0. The number of esters is 1. The van der Waals surface area contributed by atoms with Crippen LogP contribution in [0, 0.1) is 24.1 Å². The summed E-state index contributed by atoms with van der Waals surface area (Å²) in [4.78, 5) is 44.7. The van der Waals surface area contributed by atoms with E-state index < -0.39 is 17.0 Å². The molecule has 40 heavy (non-hydrogen) atoms. The molecule has 0 radical (unpaired) electrons. The highest BCUT2D eigenvalue weighted by atomic mass is 19.1. The van der Waals surface area contributed by atoms with Gasteiger partial charge in [-0.1, -0.05) is 6.92 Å². The summed E-state index contributed by atoms with van der Waals surface area (Å²) < 4.78 is 21.9. The Morgan fingerprint density at radius 3 is 2.73 bits per heavy atom. The van der Waals surface area contributed by atoms with Crippen LogP contribution in [0.5, 0.6) is 0 Å². The summed E-state index contributed by atoms with van der Waals surface area (Å²) in [5.74, 6) is -0.763. The topological polar surface area (TPSA) is 137 Å². The molecule has 1 aromatic carbocycles. The lowest BCUT2D eigenvalue weighted by molar-refractivity contribution is -0.174. The third kappa shape index (κ3) is 2.69. The molecule has 4 heterocycles. The van der Waals surface area contributed by atoms with Crippen molar-refractivity contribution in [1.82, 2.24) is 14.9 Å². The number of carbonyl (C=O) groups is 2. The Bertz CT molecular complexity index is 1790. The van der Waals surface area contributed by atoms with Gasteiger partial charge in [0.05, 0.1) is 40.5 Å². The summed E-state index contributed by atoms with van der Waals surface area (Å²) in [5.41, 5.74) is 8.42. The van der Waals surface area contributed by atoms with Crippen LogP contribution in [0.25, 0.3) is 22.3 Å². The number of amides is 1. The zero-order valence-corrected chi connectivity index (χ0v) is 22.3. The molecule has 3 aromatic rings. The van der Waals surface area contributed by atoms with E-state index in [0.717, 1.165) is 34.9 Å². The lowest BCUT2D eigenvalue weighted by atomic mass is 9.40. The van der Waals surface area contributed by atoms with Crippen molar-refractivity contribution < 1.29 is 23.8 Å². The van der Waals surface area contributed by atoms with Gasteiger partial charge in [0.1, 0.15) is 12.4 Å². The van der Waals surface area contributed by atoms with Crippen LogP contribution in [0.1, 0.15) is 72.0 Å². The number of hydrogen-bond acceptors (Lipinski definition) is 7. The highest BCUT2D eigenvalue weighted by molar-refractivity contribution is 5.94. The number of carbonyl (C=O) groups excluding carboxylic acids is 2. The van der Waals surface area contributed by atoms with Gasteiger partial charge in [-0.3, -0.25) is 9.59 Å². The van der Waals surface area contributed by atoms with Crippen molar-refractivity contribution in [2.45, 2.75) is 76.8 Å². The Morgan fingerprint density at radius 1 is 1.27 bits per heavy atom. The summed E-state index contributed by atoms with van der Waals surface area (Å²) in [7, 11) is 0. The van der Waals surface area contributed by atoms with Crippen molar-refractivity contribution in [2.75, 3.05) is 0 Å². The van der Waals surface area contributed by atoms with E-state index in [0.29, 0.717) is 41.2 Å². The number of ether oxygens (including phenoxy) is 1. The van der Waals surface area contributed by atoms with Crippen molar-refractivity contribution in [3.8, 4) is 11.4 Å². The van der Waals surface area contributed by atoms with Crippen LogP contribution >= 0.6 is 0 Å². The number of aromatic nitrogens is 2. The molecule has 4 N–H and O–H groups in total. The SMILES string of the molecule is CC[C@@]1(O)C(=O)OCc2c1cc1n(c2=O)Cc2c-1nc1cc(F)c(C)c3c1c2[C@@H](NC(=O)C12CC(C1)C2N)CC3. The normalized spacial score (nSPS) is 30.5. The van der Waals surface area contributed by atoms with E-state index in [4.69, 9.17) is 15.5 Å². The van der Waals surface area contributed by atoms with Gasteiger partial charge in [0.15, 0.2) is 5.60 Å². The second-order valence-electron chi connectivity index (χ2n) is 12.2. The Hall–Kier alpha value is -3.63. The zero-order valence-electron chi connectivity index (χ0n) is 22.3. The van der Waals surface area contributed by atoms with Crippen LogP contribution in [0.4, 0.5) is 4.39 Å². The fraction of sp³-hybridized carbons (Fsp3) is 0.467. The summed E-state index contributed by atoms with van der Waals surface area (Å²) in [6, 6.07) is 2.61.